The van der Waals surface area contributed by atoms with Crippen LogP contribution < -0.4 is 0 Å². The number of halogens is 1. The Labute approximate surface area is 127 Å². The zero-order valence-electron chi connectivity index (χ0n) is 11.1. The van der Waals surface area contributed by atoms with E-state index in [1.165, 1.54) is 0 Å². The Morgan fingerprint density at radius 3 is 2.90 bits per heavy atom. The van der Waals surface area contributed by atoms with E-state index in [9.17, 15) is 4.79 Å². The van der Waals surface area contributed by atoms with Crippen molar-refractivity contribution >= 4 is 29.3 Å². The van der Waals surface area contributed by atoms with Gasteiger partial charge in [-0.2, -0.15) is 0 Å². The quantitative estimate of drug-likeness (QED) is 0.863. The first-order valence-corrected chi connectivity index (χ1v) is 7.97. The van der Waals surface area contributed by atoms with Crippen molar-refractivity contribution in [3.8, 4) is 5.69 Å². The van der Waals surface area contributed by atoms with Crippen LogP contribution in [0, 0.1) is 0 Å². The third-order valence-electron chi connectivity index (χ3n) is 3.44. The molecule has 0 bridgehead atoms. The molecule has 1 fully saturated rings. The summed E-state index contributed by atoms with van der Waals surface area (Å²) in [5, 5.41) is 0.841. The first-order valence-electron chi connectivity index (χ1n) is 6.54. The first-order chi connectivity index (χ1) is 9.70. The number of carbonyl (C=O) groups is 1. The fraction of sp³-hybridized carbons (Fsp3) is 0.267. The van der Waals surface area contributed by atoms with Crippen molar-refractivity contribution in [1.82, 2.24) is 9.47 Å². The maximum atomic E-state index is 11.8. The topological polar surface area (TPSA) is 25.2 Å². The first kappa shape index (κ1) is 13.6. The van der Waals surface area contributed by atoms with E-state index in [0.29, 0.717) is 5.75 Å². The molecule has 1 aromatic heterocycles. The Morgan fingerprint density at radius 1 is 1.35 bits per heavy atom. The number of amides is 1. The lowest BCUT2D eigenvalue weighted by Crippen LogP contribution is -2.27. The predicted octanol–water partition coefficient (Wildman–Crippen LogP) is 3.72. The van der Waals surface area contributed by atoms with Crippen molar-refractivity contribution in [3.05, 3.63) is 53.3 Å². The molecule has 1 aliphatic heterocycles. The summed E-state index contributed by atoms with van der Waals surface area (Å²) in [6.07, 6.45) is 4.05. The molecule has 2 heterocycles. The maximum Gasteiger partial charge on any atom is 0.233 e. The Bertz CT molecular complexity index is 640. The highest BCUT2D eigenvalue weighted by Gasteiger charge is 2.31. The van der Waals surface area contributed by atoms with E-state index in [-0.39, 0.29) is 11.3 Å². The second kappa shape index (κ2) is 5.54. The van der Waals surface area contributed by atoms with Crippen molar-refractivity contribution in [2.75, 3.05) is 12.3 Å². The normalized spacial score (nSPS) is 18.8. The van der Waals surface area contributed by atoms with Crippen molar-refractivity contribution in [2.24, 2.45) is 0 Å². The molecule has 2 aromatic rings. The van der Waals surface area contributed by atoms with Gasteiger partial charge in [0.25, 0.3) is 0 Å². The van der Waals surface area contributed by atoms with E-state index in [1.54, 1.807) is 11.8 Å². The third-order valence-corrected chi connectivity index (χ3v) is 5.02. The summed E-state index contributed by atoms with van der Waals surface area (Å²) in [6.45, 7) is 2.76. The molecule has 1 saturated heterocycles. The number of benzene rings is 1. The fourth-order valence-electron chi connectivity index (χ4n) is 2.44. The molecule has 3 nitrogen and oxygen atoms in total. The number of rotatable bonds is 3. The summed E-state index contributed by atoms with van der Waals surface area (Å²) in [5.74, 6) is 0.781. The average molecular weight is 307 g/mol. The molecule has 104 valence electrons. The highest BCUT2D eigenvalue weighted by molar-refractivity contribution is 8.00. The van der Waals surface area contributed by atoms with Crippen molar-refractivity contribution in [3.63, 3.8) is 0 Å². The van der Waals surface area contributed by atoms with Gasteiger partial charge in [0.1, 0.15) is 5.37 Å². The van der Waals surface area contributed by atoms with Crippen molar-refractivity contribution < 1.29 is 4.79 Å². The smallest absolute Gasteiger partial charge is 0.233 e. The lowest BCUT2D eigenvalue weighted by atomic mass is 10.3. The Morgan fingerprint density at radius 2 is 2.15 bits per heavy atom. The third kappa shape index (κ3) is 2.34. The molecular formula is C15H15ClN2OS. The SMILES string of the molecule is CCN1C(=O)CSC1c1ccn(-c2ccccc2Cl)c1. The molecule has 0 aliphatic carbocycles. The van der Waals surface area contributed by atoms with Gasteiger partial charge in [0.2, 0.25) is 5.91 Å². The van der Waals surface area contributed by atoms with Gasteiger partial charge in [0, 0.05) is 24.5 Å². The van der Waals surface area contributed by atoms with Crippen LogP contribution in [0.4, 0.5) is 0 Å². The summed E-state index contributed by atoms with van der Waals surface area (Å²) < 4.78 is 2.01. The van der Waals surface area contributed by atoms with E-state index < -0.39 is 0 Å². The highest BCUT2D eigenvalue weighted by atomic mass is 35.5. The average Bonchev–Trinajstić information content (AvgIpc) is 3.05. The zero-order chi connectivity index (χ0) is 14.1. The molecule has 1 amide bonds. The van der Waals surface area contributed by atoms with Gasteiger partial charge in [-0.25, -0.2) is 0 Å². The summed E-state index contributed by atoms with van der Waals surface area (Å²) in [4.78, 5) is 13.7. The number of para-hydroxylation sites is 1. The molecule has 0 spiro atoms. The number of carbonyl (C=O) groups excluding carboxylic acids is 1. The summed E-state index contributed by atoms with van der Waals surface area (Å²) in [6, 6.07) is 9.80. The van der Waals surface area contributed by atoms with Crippen LogP contribution in [0.3, 0.4) is 0 Å². The molecule has 5 heteroatoms. The predicted molar refractivity (Wildman–Crippen MR) is 83.4 cm³/mol. The zero-order valence-corrected chi connectivity index (χ0v) is 12.7. The number of hydrogen-bond acceptors (Lipinski definition) is 2. The van der Waals surface area contributed by atoms with Gasteiger partial charge in [0.05, 0.1) is 16.5 Å². The second-order valence-corrected chi connectivity index (χ2v) is 6.12. The molecule has 1 aromatic carbocycles. The van der Waals surface area contributed by atoms with Gasteiger partial charge in [-0.1, -0.05) is 23.7 Å². The number of hydrogen-bond donors (Lipinski definition) is 0. The minimum absolute atomic E-state index is 0.122. The maximum absolute atomic E-state index is 11.8. The molecule has 1 aliphatic rings. The van der Waals surface area contributed by atoms with Gasteiger partial charge in [-0.05, 0) is 25.1 Å². The molecule has 1 atom stereocenters. The molecule has 0 radical (unpaired) electrons. The molecule has 0 saturated carbocycles. The van der Waals surface area contributed by atoms with Crippen molar-refractivity contribution in [1.29, 1.82) is 0 Å². The molecular weight excluding hydrogens is 292 g/mol. The van der Waals surface area contributed by atoms with Crippen LogP contribution in [0.2, 0.25) is 5.02 Å². The van der Waals surface area contributed by atoms with E-state index in [2.05, 4.69) is 12.3 Å². The molecule has 0 N–H and O–H groups in total. The van der Waals surface area contributed by atoms with Gasteiger partial charge >= 0.3 is 0 Å². The largest absolute Gasteiger partial charge is 0.326 e. The van der Waals surface area contributed by atoms with Crippen LogP contribution in [0.1, 0.15) is 17.9 Å². The number of nitrogens with zero attached hydrogens (tertiary/aromatic N) is 2. The number of thioether (sulfide) groups is 1. The second-order valence-electron chi connectivity index (χ2n) is 4.65. The van der Waals surface area contributed by atoms with E-state index in [4.69, 9.17) is 11.6 Å². The lowest BCUT2D eigenvalue weighted by Gasteiger charge is -2.21. The van der Waals surface area contributed by atoms with Crippen molar-refractivity contribution in [2.45, 2.75) is 12.3 Å². The minimum Gasteiger partial charge on any atom is -0.326 e. The van der Waals surface area contributed by atoms with Crippen LogP contribution in [-0.2, 0) is 4.79 Å². The summed E-state index contributed by atoms with van der Waals surface area (Å²) in [5.41, 5.74) is 2.10. The van der Waals surface area contributed by atoms with Gasteiger partial charge < -0.3 is 9.47 Å². The summed E-state index contributed by atoms with van der Waals surface area (Å²) in [7, 11) is 0. The molecule has 1 unspecified atom stereocenters. The van der Waals surface area contributed by atoms with Crippen LogP contribution >= 0.6 is 23.4 Å². The van der Waals surface area contributed by atoms with E-state index >= 15 is 0 Å². The van der Waals surface area contributed by atoms with Gasteiger partial charge in [0.15, 0.2) is 0 Å². The van der Waals surface area contributed by atoms with E-state index in [0.717, 1.165) is 22.8 Å². The van der Waals surface area contributed by atoms with Gasteiger partial charge in [-0.15, -0.1) is 11.8 Å². The Hall–Kier alpha value is -1.39. The molecule has 3 rings (SSSR count). The monoisotopic (exact) mass is 306 g/mol. The van der Waals surface area contributed by atoms with Crippen LogP contribution in [0.25, 0.3) is 5.69 Å². The molecule has 20 heavy (non-hydrogen) atoms. The summed E-state index contributed by atoms with van der Waals surface area (Å²) >= 11 is 7.90. The highest BCUT2D eigenvalue weighted by Crippen LogP contribution is 2.38. The Kier molecular flexibility index (Phi) is 3.76. The fourth-order valence-corrected chi connectivity index (χ4v) is 3.92. The van der Waals surface area contributed by atoms with Crippen LogP contribution in [0.5, 0.6) is 0 Å². The standard InChI is InChI=1S/C15H15ClN2OS/c1-2-18-14(19)10-20-15(18)11-7-8-17(9-11)13-6-4-3-5-12(13)16/h3-9,15H,2,10H2,1H3. The lowest BCUT2D eigenvalue weighted by molar-refractivity contribution is -0.127. The Balaban J connectivity index is 1.91. The number of aromatic nitrogens is 1. The van der Waals surface area contributed by atoms with E-state index in [1.807, 2.05) is 46.9 Å². The van der Waals surface area contributed by atoms with Crippen LogP contribution in [-0.4, -0.2) is 27.7 Å². The van der Waals surface area contributed by atoms with Gasteiger partial charge in [-0.3, -0.25) is 4.79 Å². The minimum atomic E-state index is 0.122. The van der Waals surface area contributed by atoms with Crippen LogP contribution in [0.15, 0.2) is 42.7 Å².